The zero-order valence-corrected chi connectivity index (χ0v) is 20.0. The molecule has 11 heteroatoms. The van der Waals surface area contributed by atoms with Crippen LogP contribution in [0.1, 0.15) is 54.2 Å². The lowest BCUT2D eigenvalue weighted by Gasteiger charge is -2.28. The molecule has 0 saturated heterocycles. The summed E-state index contributed by atoms with van der Waals surface area (Å²) in [6.45, 7) is 0.373. The Hall–Kier alpha value is -3.89. The number of phenols is 1. The molecule has 4 aromatic rings. The van der Waals surface area contributed by atoms with Crippen LogP contribution in [0.4, 0.5) is 17.6 Å². The molecule has 1 aliphatic carbocycles. The van der Waals surface area contributed by atoms with Crippen molar-refractivity contribution in [3.8, 4) is 16.9 Å². The summed E-state index contributed by atoms with van der Waals surface area (Å²) in [5.41, 5.74) is 1.29. The van der Waals surface area contributed by atoms with Gasteiger partial charge in [-0.25, -0.2) is 17.6 Å². The molecule has 1 aliphatic rings. The summed E-state index contributed by atoms with van der Waals surface area (Å²) < 4.78 is 57.1. The van der Waals surface area contributed by atoms with Crippen LogP contribution < -0.4 is 5.32 Å². The highest BCUT2D eigenvalue weighted by atomic mass is 19.3. The first-order chi connectivity index (χ1) is 17.7. The van der Waals surface area contributed by atoms with Gasteiger partial charge in [-0.2, -0.15) is 10.2 Å². The Labute approximate surface area is 209 Å². The quantitative estimate of drug-likeness (QED) is 0.331. The van der Waals surface area contributed by atoms with Crippen LogP contribution in [-0.2, 0) is 7.05 Å². The zero-order chi connectivity index (χ0) is 26.3. The van der Waals surface area contributed by atoms with Gasteiger partial charge in [-0.15, -0.1) is 0 Å². The molecule has 0 radical (unpaired) electrons. The van der Waals surface area contributed by atoms with Crippen molar-refractivity contribution in [2.75, 3.05) is 6.54 Å². The van der Waals surface area contributed by atoms with Crippen molar-refractivity contribution >= 4 is 16.8 Å². The van der Waals surface area contributed by atoms with Crippen LogP contribution in [0.15, 0.2) is 42.7 Å². The van der Waals surface area contributed by atoms with Gasteiger partial charge in [-0.05, 0) is 55.4 Å². The maximum Gasteiger partial charge on any atom is 0.282 e. The first-order valence-corrected chi connectivity index (χ1v) is 12.0. The van der Waals surface area contributed by atoms with Crippen molar-refractivity contribution < 1.29 is 27.5 Å². The number of amides is 1. The van der Waals surface area contributed by atoms with Gasteiger partial charge < -0.3 is 10.4 Å². The summed E-state index contributed by atoms with van der Waals surface area (Å²) in [4.78, 5) is 12.3. The van der Waals surface area contributed by atoms with E-state index in [0.29, 0.717) is 23.2 Å². The van der Waals surface area contributed by atoms with Crippen molar-refractivity contribution in [2.24, 2.45) is 13.0 Å². The number of carbonyl (C=O) groups is 1. The predicted octanol–water partition coefficient (Wildman–Crippen LogP) is 5.52. The number of nitrogens with zero attached hydrogens (tertiary/aromatic N) is 4. The Morgan fingerprint density at radius 3 is 2.46 bits per heavy atom. The minimum Gasteiger partial charge on any atom is -0.503 e. The van der Waals surface area contributed by atoms with Gasteiger partial charge in [0.15, 0.2) is 17.4 Å². The van der Waals surface area contributed by atoms with Crippen LogP contribution in [0.2, 0.25) is 0 Å². The number of aromatic nitrogens is 4. The Bertz CT molecular complexity index is 1430. The highest BCUT2D eigenvalue weighted by Gasteiger charge is 2.25. The molecule has 0 spiro atoms. The number of aryl methyl sites for hydroxylation is 1. The zero-order valence-electron chi connectivity index (χ0n) is 20.0. The average Bonchev–Trinajstić information content (AvgIpc) is 3.49. The van der Waals surface area contributed by atoms with E-state index in [2.05, 4.69) is 10.4 Å². The van der Waals surface area contributed by atoms with E-state index in [4.69, 9.17) is 5.10 Å². The summed E-state index contributed by atoms with van der Waals surface area (Å²) >= 11 is 0. The van der Waals surface area contributed by atoms with E-state index < -0.39 is 29.7 Å². The molecule has 7 nitrogen and oxygen atoms in total. The first-order valence-electron chi connectivity index (χ1n) is 12.0. The molecular formula is C26H25F4N5O2. The Kier molecular flexibility index (Phi) is 6.61. The van der Waals surface area contributed by atoms with E-state index in [0.717, 1.165) is 43.2 Å². The van der Waals surface area contributed by atoms with Gasteiger partial charge in [-0.1, -0.05) is 12.1 Å². The van der Waals surface area contributed by atoms with Crippen molar-refractivity contribution in [3.63, 3.8) is 0 Å². The van der Waals surface area contributed by atoms with Crippen molar-refractivity contribution in [3.05, 3.63) is 65.6 Å². The second-order valence-electron chi connectivity index (χ2n) is 9.46. The maximum atomic E-state index is 13.5. The molecule has 2 N–H and O–H groups in total. The number of nitrogens with one attached hydrogen (secondary N) is 1. The number of benzene rings is 2. The highest BCUT2D eigenvalue weighted by Crippen LogP contribution is 2.35. The van der Waals surface area contributed by atoms with Crippen LogP contribution in [0.5, 0.6) is 5.75 Å². The second kappa shape index (κ2) is 9.87. The Morgan fingerprint density at radius 1 is 1.08 bits per heavy atom. The summed E-state index contributed by atoms with van der Waals surface area (Å²) in [5.74, 6) is -3.86. The molecule has 0 atom stereocenters. The van der Waals surface area contributed by atoms with Gasteiger partial charge in [0.1, 0.15) is 5.69 Å². The standard InChI is InChI=1S/C26H25F4N5O2/c1-34-13-19(23(33-34)25(29)30)15-4-5-16-12-35(32-22(16)10-15)18-6-2-14(3-7-18)11-31-26(37)17-8-20(27)24(36)21(28)9-17/h4-5,8-10,12-14,18,25,36H,2-3,6-7,11H2,1H3,(H,31,37). The van der Waals surface area contributed by atoms with E-state index in [1.807, 2.05) is 16.9 Å². The lowest BCUT2D eigenvalue weighted by Crippen LogP contribution is -2.31. The van der Waals surface area contributed by atoms with Crippen LogP contribution in [0, 0.1) is 17.6 Å². The summed E-state index contributed by atoms with van der Waals surface area (Å²) in [6.07, 6.45) is 4.19. The van der Waals surface area contributed by atoms with Crippen molar-refractivity contribution in [2.45, 2.75) is 38.2 Å². The molecule has 0 aliphatic heterocycles. The third-order valence-electron chi connectivity index (χ3n) is 6.92. The first kappa shape index (κ1) is 24.8. The number of alkyl halides is 2. The van der Waals surface area contributed by atoms with Gasteiger partial charge in [0.2, 0.25) is 0 Å². The van der Waals surface area contributed by atoms with E-state index in [1.54, 1.807) is 25.4 Å². The largest absolute Gasteiger partial charge is 0.503 e. The predicted molar refractivity (Wildman–Crippen MR) is 128 cm³/mol. The number of hydrogen-bond donors (Lipinski definition) is 2. The smallest absolute Gasteiger partial charge is 0.282 e. The number of fused-ring (bicyclic) bond motifs is 1. The molecule has 194 valence electrons. The van der Waals surface area contributed by atoms with Crippen LogP contribution in [0.25, 0.3) is 22.0 Å². The molecule has 5 rings (SSSR count). The highest BCUT2D eigenvalue weighted by molar-refractivity contribution is 5.94. The van der Waals surface area contributed by atoms with E-state index in [-0.39, 0.29) is 23.2 Å². The van der Waals surface area contributed by atoms with Crippen molar-refractivity contribution in [1.82, 2.24) is 24.9 Å². The second-order valence-corrected chi connectivity index (χ2v) is 9.46. The molecule has 1 saturated carbocycles. The molecule has 1 fully saturated rings. The summed E-state index contributed by atoms with van der Waals surface area (Å²) in [5, 5.41) is 21.4. The minimum atomic E-state index is -2.67. The van der Waals surface area contributed by atoms with E-state index in [1.165, 1.54) is 4.68 Å². The Morgan fingerprint density at radius 2 is 1.78 bits per heavy atom. The molecule has 0 unspecified atom stereocenters. The fourth-order valence-electron chi connectivity index (χ4n) is 4.93. The monoisotopic (exact) mass is 515 g/mol. The molecule has 2 heterocycles. The van der Waals surface area contributed by atoms with E-state index >= 15 is 0 Å². The molecule has 37 heavy (non-hydrogen) atoms. The minimum absolute atomic E-state index is 0.165. The Balaban J connectivity index is 1.21. The number of carbonyl (C=O) groups excluding carboxylic acids is 1. The lowest BCUT2D eigenvalue weighted by molar-refractivity contribution is 0.0940. The van der Waals surface area contributed by atoms with Gasteiger partial charge in [0.25, 0.3) is 12.3 Å². The van der Waals surface area contributed by atoms with Crippen LogP contribution >= 0.6 is 0 Å². The van der Waals surface area contributed by atoms with E-state index in [9.17, 15) is 27.5 Å². The van der Waals surface area contributed by atoms with Gasteiger partial charge >= 0.3 is 0 Å². The third-order valence-corrected chi connectivity index (χ3v) is 6.92. The van der Waals surface area contributed by atoms with Crippen LogP contribution in [-0.4, -0.2) is 37.1 Å². The number of phenolic OH excluding ortho intramolecular Hbond substituents is 1. The third kappa shape index (κ3) is 5.03. The molecule has 2 aromatic carbocycles. The fourth-order valence-corrected chi connectivity index (χ4v) is 4.93. The van der Waals surface area contributed by atoms with Gasteiger partial charge in [-0.3, -0.25) is 14.2 Å². The number of aromatic hydroxyl groups is 1. The summed E-state index contributed by atoms with van der Waals surface area (Å²) in [7, 11) is 1.61. The van der Waals surface area contributed by atoms with Crippen molar-refractivity contribution in [1.29, 1.82) is 0 Å². The van der Waals surface area contributed by atoms with Gasteiger partial charge in [0.05, 0.1) is 11.6 Å². The average molecular weight is 516 g/mol. The van der Waals surface area contributed by atoms with Gasteiger partial charge in [0, 0.05) is 42.5 Å². The molecule has 2 aromatic heterocycles. The molecule has 0 bridgehead atoms. The normalized spacial score (nSPS) is 18.0. The number of hydrogen-bond acceptors (Lipinski definition) is 4. The maximum absolute atomic E-state index is 13.5. The number of rotatable bonds is 6. The lowest BCUT2D eigenvalue weighted by atomic mass is 9.86. The summed E-state index contributed by atoms with van der Waals surface area (Å²) in [6, 6.07) is 7.24. The fraction of sp³-hybridized carbons (Fsp3) is 0.346. The SMILES string of the molecule is Cn1cc(-c2ccc3cn(C4CCC(CNC(=O)c5cc(F)c(O)c(F)c5)CC4)nc3c2)c(C(F)F)n1. The molecule has 1 amide bonds. The molecular weight excluding hydrogens is 490 g/mol. The van der Waals surface area contributed by atoms with Crippen LogP contribution in [0.3, 0.4) is 0 Å². The number of halogens is 4. The topological polar surface area (TPSA) is 85.0 Å².